The summed E-state index contributed by atoms with van der Waals surface area (Å²) in [6.45, 7) is 6.79. The first-order chi connectivity index (χ1) is 24.6. The number of benzene rings is 3. The van der Waals surface area contributed by atoms with Crippen molar-refractivity contribution >= 4 is 23.2 Å². The fraction of sp³-hybridized carbons (Fsp3) is 0.385. The maximum absolute atomic E-state index is 9.78. The third-order valence-corrected chi connectivity index (χ3v) is 9.74. The lowest BCUT2D eigenvalue weighted by atomic mass is 9.98. The second-order valence-electron chi connectivity index (χ2n) is 13.0. The normalized spacial score (nSPS) is 14.7. The van der Waals surface area contributed by atoms with Crippen molar-refractivity contribution in [2.24, 2.45) is 0 Å². The summed E-state index contributed by atoms with van der Waals surface area (Å²) in [5.41, 5.74) is 4.44. The van der Waals surface area contributed by atoms with E-state index < -0.39 is 5.54 Å². The lowest BCUT2D eigenvalue weighted by Gasteiger charge is -2.27. The molecule has 0 amide bonds. The van der Waals surface area contributed by atoms with Gasteiger partial charge in [-0.25, -0.2) is 0 Å². The highest BCUT2D eigenvalue weighted by atomic mass is 35.5. The van der Waals surface area contributed by atoms with E-state index in [2.05, 4.69) is 21.3 Å². The molecule has 4 aromatic rings. The molecule has 1 fully saturated rings. The average Bonchev–Trinajstić information content (AvgIpc) is 3.57. The van der Waals surface area contributed by atoms with Crippen LogP contribution in [0.2, 0.25) is 10.0 Å². The molecule has 1 aromatic heterocycles. The second-order valence-corrected chi connectivity index (χ2v) is 13.8. The van der Waals surface area contributed by atoms with Gasteiger partial charge in [0, 0.05) is 66.9 Å². The predicted octanol–water partition coefficient (Wildman–Crippen LogP) is 6.06. The number of likely N-dealkylation sites (tertiary alicyclic amines) is 1. The molecule has 1 aliphatic rings. The summed E-state index contributed by atoms with van der Waals surface area (Å²) in [7, 11) is 0. The Hall–Kier alpha value is -3.92. The van der Waals surface area contributed by atoms with Gasteiger partial charge in [-0.3, -0.25) is 4.98 Å². The number of rotatable bonds is 17. The molecule has 270 valence electrons. The molecule has 5 rings (SSSR count). The van der Waals surface area contributed by atoms with Crippen LogP contribution in [0.25, 0.3) is 11.1 Å². The van der Waals surface area contributed by atoms with Crippen LogP contribution in [0.5, 0.6) is 17.2 Å². The highest BCUT2D eigenvalue weighted by molar-refractivity contribution is 6.34. The largest absolute Gasteiger partial charge is 0.493 e. The number of β-amino-alcohol motifs (C(OH)–C–C–N with tert-alkyl or cyclic N) is 1. The number of hydrogen-bond donors (Lipinski definition) is 4. The molecule has 0 aliphatic carbocycles. The van der Waals surface area contributed by atoms with Crippen molar-refractivity contribution < 1.29 is 29.5 Å². The lowest BCUT2D eigenvalue weighted by Crippen LogP contribution is -2.48. The van der Waals surface area contributed by atoms with Gasteiger partial charge in [-0.05, 0) is 56.0 Å². The number of ether oxygens (including phenoxy) is 3. The molecule has 1 aliphatic heterocycles. The zero-order valence-corrected chi connectivity index (χ0v) is 30.4. The molecular formula is C39H44Cl2N4O6. The number of aliphatic hydroxyl groups excluding tert-OH is 3. The van der Waals surface area contributed by atoms with E-state index in [4.69, 9.17) is 37.4 Å². The molecular weight excluding hydrogens is 691 g/mol. The summed E-state index contributed by atoms with van der Waals surface area (Å²) in [6, 6.07) is 19.0. The number of hydrogen-bond acceptors (Lipinski definition) is 10. The monoisotopic (exact) mass is 734 g/mol. The molecule has 2 heterocycles. The van der Waals surface area contributed by atoms with Gasteiger partial charge >= 0.3 is 0 Å². The van der Waals surface area contributed by atoms with E-state index in [1.807, 2.05) is 43.3 Å². The number of pyridine rings is 1. The van der Waals surface area contributed by atoms with Crippen LogP contribution in [0.1, 0.15) is 47.6 Å². The van der Waals surface area contributed by atoms with E-state index in [1.165, 1.54) is 6.20 Å². The van der Waals surface area contributed by atoms with Crippen molar-refractivity contribution in [3.05, 3.63) is 105 Å². The van der Waals surface area contributed by atoms with Gasteiger partial charge in [0.25, 0.3) is 0 Å². The minimum Gasteiger partial charge on any atom is -0.493 e. The molecule has 0 spiro atoms. The molecule has 0 saturated carbocycles. The smallest absolute Gasteiger partial charge is 0.142 e. The van der Waals surface area contributed by atoms with Gasteiger partial charge in [0.15, 0.2) is 0 Å². The fourth-order valence-electron chi connectivity index (χ4n) is 5.82. The lowest BCUT2D eigenvalue weighted by molar-refractivity contribution is 0.103. The van der Waals surface area contributed by atoms with Crippen LogP contribution in [-0.2, 0) is 19.8 Å². The van der Waals surface area contributed by atoms with E-state index in [-0.39, 0.29) is 39.1 Å². The molecule has 3 aromatic carbocycles. The van der Waals surface area contributed by atoms with Crippen LogP contribution in [0.15, 0.2) is 67.0 Å². The van der Waals surface area contributed by atoms with Crippen LogP contribution < -0.4 is 19.5 Å². The van der Waals surface area contributed by atoms with Gasteiger partial charge in [-0.15, -0.1) is 0 Å². The van der Waals surface area contributed by atoms with E-state index in [9.17, 15) is 20.6 Å². The van der Waals surface area contributed by atoms with E-state index >= 15 is 0 Å². The number of nitrogens with zero attached hydrogens (tertiary/aromatic N) is 3. The first kappa shape index (κ1) is 38.3. The van der Waals surface area contributed by atoms with Gasteiger partial charge in [-0.2, -0.15) is 5.26 Å². The molecule has 4 N–H and O–H groups in total. The number of aliphatic hydroxyl groups is 3. The van der Waals surface area contributed by atoms with Gasteiger partial charge in [-0.1, -0.05) is 53.5 Å². The minimum atomic E-state index is -0.922. The molecule has 1 unspecified atom stereocenters. The van der Waals surface area contributed by atoms with Crippen molar-refractivity contribution in [3.8, 4) is 34.4 Å². The number of nitriles is 1. The molecule has 0 bridgehead atoms. The summed E-state index contributed by atoms with van der Waals surface area (Å²) < 4.78 is 18.6. The fourth-order valence-corrected chi connectivity index (χ4v) is 6.34. The Morgan fingerprint density at radius 2 is 1.73 bits per heavy atom. The standard InChI is InChI=1S/C39H44Cl2N4O6/c1-26-32(7-4-9-35(26)49-13-5-11-45-12-10-31(48)21-45)33-8-3-6-29(38(33)41)23-51-37-16-36(50-22-28-14-27(17-42)18-43-19-28)30(15-34(37)40)20-44-39(2,24-46)25-47/h3-4,6-9,14-16,18-19,31,44,46-48H,5,10-13,20-25H2,1-2H3. The highest BCUT2D eigenvalue weighted by Gasteiger charge is 2.23. The summed E-state index contributed by atoms with van der Waals surface area (Å²) in [5, 5.41) is 42.7. The van der Waals surface area contributed by atoms with E-state index in [0.29, 0.717) is 44.8 Å². The van der Waals surface area contributed by atoms with Crippen molar-refractivity contribution in [2.75, 3.05) is 39.5 Å². The van der Waals surface area contributed by atoms with Crippen LogP contribution in [0, 0.1) is 18.3 Å². The summed E-state index contributed by atoms with van der Waals surface area (Å²) in [4.78, 5) is 6.37. The molecule has 10 nitrogen and oxygen atoms in total. The first-order valence-electron chi connectivity index (χ1n) is 16.9. The Morgan fingerprint density at radius 3 is 2.47 bits per heavy atom. The Morgan fingerprint density at radius 1 is 0.961 bits per heavy atom. The van der Waals surface area contributed by atoms with E-state index in [1.54, 1.807) is 31.3 Å². The first-order valence-corrected chi connectivity index (χ1v) is 17.7. The quantitative estimate of drug-likeness (QED) is 0.0947. The number of halogens is 2. The Balaban J connectivity index is 1.31. The third-order valence-electron chi connectivity index (χ3n) is 9.00. The topological polar surface area (TPSA) is 140 Å². The van der Waals surface area contributed by atoms with Gasteiger partial charge < -0.3 is 39.7 Å². The molecule has 51 heavy (non-hydrogen) atoms. The molecule has 0 radical (unpaired) electrons. The third kappa shape index (κ3) is 10.1. The van der Waals surface area contributed by atoms with Crippen molar-refractivity contribution in [1.29, 1.82) is 5.26 Å². The SMILES string of the molecule is Cc1c(OCCCN2CCC(O)C2)cccc1-c1cccc(COc2cc(OCc3cncc(C#N)c3)c(CNC(C)(CO)CO)cc2Cl)c1Cl. The van der Waals surface area contributed by atoms with Crippen molar-refractivity contribution in [3.63, 3.8) is 0 Å². The molecule has 12 heteroatoms. The maximum atomic E-state index is 9.78. The second kappa shape index (κ2) is 18.0. The van der Waals surface area contributed by atoms with Gasteiger partial charge in [0.1, 0.15) is 36.5 Å². The van der Waals surface area contributed by atoms with E-state index in [0.717, 1.165) is 60.5 Å². The van der Waals surface area contributed by atoms with Crippen LogP contribution in [-0.4, -0.2) is 76.3 Å². The average molecular weight is 736 g/mol. The Labute approximate surface area is 309 Å². The number of aromatic nitrogens is 1. The van der Waals surface area contributed by atoms with Gasteiger partial charge in [0.2, 0.25) is 0 Å². The van der Waals surface area contributed by atoms with Crippen LogP contribution in [0.3, 0.4) is 0 Å². The minimum absolute atomic E-state index is 0.130. The zero-order valence-electron chi connectivity index (χ0n) is 28.9. The summed E-state index contributed by atoms with van der Waals surface area (Å²) >= 11 is 13.7. The Kier molecular flexibility index (Phi) is 13.5. The summed E-state index contributed by atoms with van der Waals surface area (Å²) in [5.74, 6) is 1.64. The van der Waals surface area contributed by atoms with Crippen molar-refractivity contribution in [1.82, 2.24) is 15.2 Å². The predicted molar refractivity (Wildman–Crippen MR) is 197 cm³/mol. The molecule has 1 atom stereocenters. The van der Waals surface area contributed by atoms with Crippen LogP contribution in [0.4, 0.5) is 0 Å². The highest BCUT2D eigenvalue weighted by Crippen LogP contribution is 2.38. The Bertz CT molecular complexity index is 1830. The maximum Gasteiger partial charge on any atom is 0.142 e. The zero-order chi connectivity index (χ0) is 36.4. The van der Waals surface area contributed by atoms with Gasteiger partial charge in [0.05, 0.1) is 47.1 Å². The molecule has 1 saturated heterocycles. The van der Waals surface area contributed by atoms with Crippen LogP contribution >= 0.6 is 23.2 Å². The van der Waals surface area contributed by atoms with Crippen molar-refractivity contribution in [2.45, 2.75) is 58.1 Å². The number of nitrogens with one attached hydrogen (secondary N) is 1. The summed E-state index contributed by atoms with van der Waals surface area (Å²) in [6.07, 6.45) is 4.58.